The monoisotopic (exact) mass is 442 g/mol. The highest BCUT2D eigenvalue weighted by Gasteiger charge is 2.23. The van der Waals surface area contributed by atoms with Crippen molar-refractivity contribution in [3.8, 4) is 5.82 Å². The standard InChI is InChI=1S/C23H28F2N6O/c24-22(25)23-27-17-5-1-2-6-18(17)31(23)21-14-20(30-10-12-32-13-11-30)28-19(29-21)7-3-4-16-8-9-26-15-16/h1-2,5-6,14,16,22,26H,3-4,7-13,15H2. The first-order chi connectivity index (χ1) is 15.7. The van der Waals surface area contributed by atoms with Crippen LogP contribution in [0.25, 0.3) is 16.9 Å². The molecule has 1 aromatic carbocycles. The summed E-state index contributed by atoms with van der Waals surface area (Å²) in [6.45, 7) is 4.84. The molecule has 1 atom stereocenters. The molecule has 4 heterocycles. The van der Waals surface area contributed by atoms with E-state index < -0.39 is 6.43 Å². The number of anilines is 1. The molecule has 5 rings (SSSR count). The number of rotatable bonds is 7. The first-order valence-electron chi connectivity index (χ1n) is 11.4. The Morgan fingerprint density at radius 2 is 1.91 bits per heavy atom. The van der Waals surface area contributed by atoms with Crippen LogP contribution in [0.2, 0.25) is 0 Å². The van der Waals surface area contributed by atoms with Crippen LogP contribution in [0.5, 0.6) is 0 Å². The van der Waals surface area contributed by atoms with Gasteiger partial charge in [-0.25, -0.2) is 23.7 Å². The van der Waals surface area contributed by atoms with Gasteiger partial charge in [0, 0.05) is 25.6 Å². The van der Waals surface area contributed by atoms with Crippen molar-refractivity contribution in [3.63, 3.8) is 0 Å². The van der Waals surface area contributed by atoms with Crippen molar-refractivity contribution in [2.75, 3.05) is 44.3 Å². The Bertz CT molecular complexity index is 1060. The molecule has 2 aromatic heterocycles. The average Bonchev–Trinajstić information content (AvgIpc) is 3.47. The van der Waals surface area contributed by atoms with Crippen molar-refractivity contribution in [2.45, 2.75) is 32.1 Å². The van der Waals surface area contributed by atoms with Gasteiger partial charge in [-0.15, -0.1) is 0 Å². The number of fused-ring (bicyclic) bond motifs is 1. The van der Waals surface area contributed by atoms with Gasteiger partial charge in [-0.1, -0.05) is 12.1 Å². The van der Waals surface area contributed by atoms with Crippen LogP contribution in [0.3, 0.4) is 0 Å². The lowest BCUT2D eigenvalue weighted by molar-refractivity contribution is 0.122. The molecule has 32 heavy (non-hydrogen) atoms. The fourth-order valence-corrected chi connectivity index (χ4v) is 4.59. The number of aromatic nitrogens is 4. The largest absolute Gasteiger partial charge is 0.378 e. The molecule has 0 saturated carbocycles. The van der Waals surface area contributed by atoms with Crippen LogP contribution in [-0.2, 0) is 11.2 Å². The van der Waals surface area contributed by atoms with Gasteiger partial charge in [0.25, 0.3) is 6.43 Å². The molecule has 0 radical (unpaired) electrons. The van der Waals surface area contributed by atoms with Gasteiger partial charge in [0.2, 0.25) is 0 Å². The molecule has 0 aliphatic carbocycles. The molecule has 0 amide bonds. The summed E-state index contributed by atoms with van der Waals surface area (Å²) < 4.78 is 34.8. The van der Waals surface area contributed by atoms with Gasteiger partial charge in [0.15, 0.2) is 5.82 Å². The van der Waals surface area contributed by atoms with E-state index in [0.717, 1.165) is 51.3 Å². The van der Waals surface area contributed by atoms with Crippen LogP contribution < -0.4 is 10.2 Å². The molecule has 2 saturated heterocycles. The third-order valence-electron chi connectivity index (χ3n) is 6.27. The maximum atomic E-state index is 13.9. The van der Waals surface area contributed by atoms with Crippen molar-refractivity contribution < 1.29 is 13.5 Å². The zero-order valence-electron chi connectivity index (χ0n) is 18.0. The Morgan fingerprint density at radius 3 is 2.69 bits per heavy atom. The maximum Gasteiger partial charge on any atom is 0.296 e. The molecule has 7 nitrogen and oxygen atoms in total. The average molecular weight is 443 g/mol. The Labute approximate surface area is 185 Å². The minimum absolute atomic E-state index is 0.291. The second-order valence-electron chi connectivity index (χ2n) is 8.45. The summed E-state index contributed by atoms with van der Waals surface area (Å²) in [5.74, 6) is 2.30. The minimum atomic E-state index is -2.71. The summed E-state index contributed by atoms with van der Waals surface area (Å²) in [5.41, 5.74) is 1.15. The molecular formula is C23H28F2N6O. The summed E-state index contributed by atoms with van der Waals surface area (Å²) >= 11 is 0. The van der Waals surface area contributed by atoms with E-state index in [4.69, 9.17) is 14.7 Å². The van der Waals surface area contributed by atoms with Crippen LogP contribution in [0.15, 0.2) is 30.3 Å². The topological polar surface area (TPSA) is 68.1 Å². The third-order valence-corrected chi connectivity index (χ3v) is 6.27. The number of para-hydroxylation sites is 2. The van der Waals surface area contributed by atoms with Gasteiger partial charge in [-0.2, -0.15) is 0 Å². The van der Waals surface area contributed by atoms with E-state index in [0.29, 0.717) is 41.8 Å². The molecule has 0 spiro atoms. The highest BCUT2D eigenvalue weighted by Crippen LogP contribution is 2.29. The molecule has 1 N–H and O–H groups in total. The van der Waals surface area contributed by atoms with Crippen molar-refractivity contribution >= 4 is 16.9 Å². The SMILES string of the molecule is FC(F)c1nc2ccccc2n1-c1cc(N2CCOCC2)nc(CCCC2CCNC2)n1. The minimum Gasteiger partial charge on any atom is -0.378 e. The van der Waals surface area contributed by atoms with E-state index in [9.17, 15) is 8.78 Å². The first-order valence-corrected chi connectivity index (χ1v) is 11.4. The number of benzene rings is 1. The van der Waals surface area contributed by atoms with Crippen molar-refractivity contribution in [1.29, 1.82) is 0 Å². The molecule has 1 unspecified atom stereocenters. The van der Waals surface area contributed by atoms with Gasteiger partial charge >= 0.3 is 0 Å². The lowest BCUT2D eigenvalue weighted by Gasteiger charge is -2.28. The molecule has 0 bridgehead atoms. The Hall–Kier alpha value is -2.65. The zero-order valence-corrected chi connectivity index (χ0v) is 18.0. The van der Waals surface area contributed by atoms with Gasteiger partial charge in [0.1, 0.15) is 17.5 Å². The number of hydrogen-bond donors (Lipinski definition) is 1. The fourth-order valence-electron chi connectivity index (χ4n) is 4.59. The van der Waals surface area contributed by atoms with Gasteiger partial charge in [-0.3, -0.25) is 4.57 Å². The lowest BCUT2D eigenvalue weighted by atomic mass is 10.0. The second-order valence-corrected chi connectivity index (χ2v) is 8.45. The number of alkyl halides is 2. The van der Waals surface area contributed by atoms with E-state index in [1.807, 2.05) is 6.07 Å². The van der Waals surface area contributed by atoms with Gasteiger partial charge < -0.3 is 15.0 Å². The van der Waals surface area contributed by atoms with E-state index in [2.05, 4.69) is 15.2 Å². The van der Waals surface area contributed by atoms with Crippen LogP contribution in [0.4, 0.5) is 14.6 Å². The number of hydrogen-bond acceptors (Lipinski definition) is 6. The quantitative estimate of drug-likeness (QED) is 0.604. The molecule has 3 aromatic rings. The van der Waals surface area contributed by atoms with E-state index in [1.54, 1.807) is 24.3 Å². The normalized spacial score (nSPS) is 19.3. The van der Waals surface area contributed by atoms with Crippen LogP contribution >= 0.6 is 0 Å². The first kappa shape index (κ1) is 21.2. The van der Waals surface area contributed by atoms with Crippen LogP contribution in [0, 0.1) is 5.92 Å². The summed E-state index contributed by atoms with van der Waals surface area (Å²) in [7, 11) is 0. The third kappa shape index (κ3) is 4.45. The molecule has 2 fully saturated rings. The summed E-state index contributed by atoms with van der Waals surface area (Å²) in [6.07, 6.45) is 1.31. The molecule has 9 heteroatoms. The lowest BCUT2D eigenvalue weighted by Crippen LogP contribution is -2.37. The Morgan fingerprint density at radius 1 is 1.09 bits per heavy atom. The Kier molecular flexibility index (Phi) is 6.27. The number of halogens is 2. The van der Waals surface area contributed by atoms with Crippen molar-refractivity contribution in [3.05, 3.63) is 42.0 Å². The highest BCUT2D eigenvalue weighted by molar-refractivity contribution is 5.78. The highest BCUT2D eigenvalue weighted by atomic mass is 19.3. The molecule has 2 aliphatic rings. The molecule has 2 aliphatic heterocycles. The molecular weight excluding hydrogens is 414 g/mol. The van der Waals surface area contributed by atoms with Gasteiger partial charge in [0.05, 0.1) is 24.2 Å². The fraction of sp³-hybridized carbons (Fsp3) is 0.522. The zero-order chi connectivity index (χ0) is 21.9. The van der Waals surface area contributed by atoms with Crippen LogP contribution in [-0.4, -0.2) is 58.9 Å². The van der Waals surface area contributed by atoms with Crippen LogP contribution in [0.1, 0.15) is 37.3 Å². The smallest absolute Gasteiger partial charge is 0.296 e. The maximum absolute atomic E-state index is 13.9. The predicted molar refractivity (Wildman–Crippen MR) is 119 cm³/mol. The van der Waals surface area contributed by atoms with Crippen molar-refractivity contribution in [2.24, 2.45) is 5.92 Å². The number of aryl methyl sites for hydroxylation is 1. The molecule has 170 valence electrons. The number of nitrogens with one attached hydrogen (secondary N) is 1. The summed E-state index contributed by atoms with van der Waals surface area (Å²) in [5, 5.41) is 3.40. The summed E-state index contributed by atoms with van der Waals surface area (Å²) in [4.78, 5) is 15.9. The van der Waals surface area contributed by atoms with Crippen molar-refractivity contribution in [1.82, 2.24) is 24.8 Å². The summed E-state index contributed by atoms with van der Waals surface area (Å²) in [6, 6.07) is 8.99. The number of imidazole rings is 1. The second kappa shape index (κ2) is 9.46. The number of morpholine rings is 1. The van der Waals surface area contributed by atoms with E-state index in [-0.39, 0.29) is 5.82 Å². The number of ether oxygens (including phenoxy) is 1. The Balaban J connectivity index is 1.52. The number of nitrogens with zero attached hydrogens (tertiary/aromatic N) is 5. The predicted octanol–water partition coefficient (Wildman–Crippen LogP) is 3.52. The van der Waals surface area contributed by atoms with Gasteiger partial charge in [-0.05, 0) is 50.4 Å². The van der Waals surface area contributed by atoms with E-state index >= 15 is 0 Å². The van der Waals surface area contributed by atoms with E-state index in [1.165, 1.54) is 11.0 Å².